The number of aromatic nitrogens is 1. The van der Waals surface area contributed by atoms with Crippen molar-refractivity contribution in [2.24, 2.45) is 0 Å². The molecule has 1 aromatic carbocycles. The Morgan fingerprint density at radius 3 is 3.08 bits per heavy atom. The van der Waals surface area contributed by atoms with Crippen LogP contribution < -0.4 is 4.74 Å². The number of rotatable bonds is 3. The zero-order chi connectivity index (χ0) is 8.93. The summed E-state index contributed by atoms with van der Waals surface area (Å²) in [6, 6.07) is 12.5. The second-order valence-corrected chi connectivity index (χ2v) is 3.17. The lowest BCUT2D eigenvalue weighted by atomic mass is 10.3. The summed E-state index contributed by atoms with van der Waals surface area (Å²) in [6.07, 6.45) is 0. The maximum atomic E-state index is 5.44. The van der Waals surface area contributed by atoms with Crippen molar-refractivity contribution in [2.45, 2.75) is 6.61 Å². The number of hydrogen-bond donors (Lipinski definition) is 0. The van der Waals surface area contributed by atoms with E-state index in [2.05, 4.69) is 10.4 Å². The van der Waals surface area contributed by atoms with E-state index >= 15 is 0 Å². The van der Waals surface area contributed by atoms with Crippen molar-refractivity contribution < 1.29 is 4.74 Å². The van der Waals surface area contributed by atoms with Gasteiger partial charge in [0, 0.05) is 11.4 Å². The van der Waals surface area contributed by atoms with E-state index in [-0.39, 0.29) is 0 Å². The Labute approximate surface area is 81.0 Å². The summed E-state index contributed by atoms with van der Waals surface area (Å²) in [5.41, 5.74) is 0.960. The minimum atomic E-state index is 0.518. The van der Waals surface area contributed by atoms with E-state index in [9.17, 15) is 0 Å². The van der Waals surface area contributed by atoms with Crippen molar-refractivity contribution in [1.82, 2.24) is 4.37 Å². The van der Waals surface area contributed by atoms with Crippen molar-refractivity contribution in [2.75, 3.05) is 0 Å². The molecule has 65 valence electrons. The SMILES string of the molecule is [c]1ccccc1OCc1ccsn1. The topological polar surface area (TPSA) is 22.1 Å². The van der Waals surface area contributed by atoms with E-state index in [4.69, 9.17) is 4.74 Å². The first-order valence-corrected chi connectivity index (χ1v) is 4.77. The number of benzene rings is 1. The normalized spacial score (nSPS) is 9.85. The summed E-state index contributed by atoms with van der Waals surface area (Å²) in [5.74, 6) is 0.760. The van der Waals surface area contributed by atoms with Gasteiger partial charge in [0.05, 0.1) is 5.69 Å². The van der Waals surface area contributed by atoms with E-state index < -0.39 is 0 Å². The van der Waals surface area contributed by atoms with E-state index in [1.165, 1.54) is 11.5 Å². The van der Waals surface area contributed by atoms with Crippen molar-refractivity contribution >= 4 is 11.5 Å². The lowest BCUT2D eigenvalue weighted by Gasteiger charge is -2.01. The van der Waals surface area contributed by atoms with Crippen LogP contribution in [0.5, 0.6) is 5.75 Å². The van der Waals surface area contributed by atoms with Gasteiger partial charge in [0.25, 0.3) is 0 Å². The molecule has 0 saturated heterocycles. The van der Waals surface area contributed by atoms with Crippen molar-refractivity contribution in [3.05, 3.63) is 47.5 Å². The maximum Gasteiger partial charge on any atom is 0.131 e. The van der Waals surface area contributed by atoms with Crippen LogP contribution in [0.4, 0.5) is 0 Å². The van der Waals surface area contributed by atoms with Gasteiger partial charge in [-0.05, 0) is 23.7 Å². The third-order valence-electron chi connectivity index (χ3n) is 1.55. The fourth-order valence-electron chi connectivity index (χ4n) is 0.930. The van der Waals surface area contributed by atoms with Crippen LogP contribution in [-0.2, 0) is 6.61 Å². The Morgan fingerprint density at radius 1 is 1.38 bits per heavy atom. The molecule has 0 amide bonds. The molecule has 0 unspecified atom stereocenters. The zero-order valence-corrected chi connectivity index (χ0v) is 7.75. The Hall–Kier alpha value is -1.35. The Kier molecular flexibility index (Phi) is 2.57. The van der Waals surface area contributed by atoms with Crippen molar-refractivity contribution in [3.8, 4) is 5.75 Å². The molecule has 2 nitrogen and oxygen atoms in total. The summed E-state index contributed by atoms with van der Waals surface area (Å²) < 4.78 is 9.57. The molecular weight excluding hydrogens is 182 g/mol. The zero-order valence-electron chi connectivity index (χ0n) is 6.93. The Balaban J connectivity index is 1.94. The van der Waals surface area contributed by atoms with Gasteiger partial charge < -0.3 is 4.74 Å². The average Bonchev–Trinajstić information content (AvgIpc) is 2.69. The Morgan fingerprint density at radius 2 is 2.38 bits per heavy atom. The van der Waals surface area contributed by atoms with E-state index in [0.29, 0.717) is 6.61 Å². The molecule has 0 atom stereocenters. The second kappa shape index (κ2) is 4.05. The van der Waals surface area contributed by atoms with E-state index in [1.54, 1.807) is 0 Å². The van der Waals surface area contributed by atoms with Gasteiger partial charge in [-0.1, -0.05) is 18.2 Å². The third kappa shape index (κ3) is 2.29. The smallest absolute Gasteiger partial charge is 0.131 e. The molecule has 13 heavy (non-hydrogen) atoms. The maximum absolute atomic E-state index is 5.44. The van der Waals surface area contributed by atoms with Crippen molar-refractivity contribution in [1.29, 1.82) is 0 Å². The van der Waals surface area contributed by atoms with Crippen LogP contribution in [0.3, 0.4) is 0 Å². The van der Waals surface area contributed by atoms with E-state index in [0.717, 1.165) is 11.4 Å². The number of hydrogen-bond acceptors (Lipinski definition) is 3. The lowest BCUT2D eigenvalue weighted by Crippen LogP contribution is -1.94. The molecule has 1 aromatic heterocycles. The predicted octanol–water partition coefficient (Wildman–Crippen LogP) is 2.52. The summed E-state index contributed by atoms with van der Waals surface area (Å²) in [4.78, 5) is 0. The highest BCUT2D eigenvalue weighted by Gasteiger charge is 1.95. The Bertz CT molecular complexity index is 344. The molecule has 0 spiro atoms. The molecule has 1 radical (unpaired) electrons. The minimum Gasteiger partial charge on any atom is -0.487 e. The van der Waals surface area contributed by atoms with Gasteiger partial charge in [0.1, 0.15) is 12.4 Å². The molecule has 0 aliphatic rings. The molecule has 2 rings (SSSR count). The molecule has 0 aliphatic carbocycles. The van der Waals surface area contributed by atoms with Crippen molar-refractivity contribution in [3.63, 3.8) is 0 Å². The summed E-state index contributed by atoms with van der Waals surface area (Å²) >= 11 is 1.43. The molecule has 3 heteroatoms. The third-order valence-corrected chi connectivity index (χ3v) is 2.15. The fraction of sp³-hybridized carbons (Fsp3) is 0.100. The first-order valence-electron chi connectivity index (χ1n) is 3.94. The quantitative estimate of drug-likeness (QED) is 0.742. The monoisotopic (exact) mass is 190 g/mol. The molecule has 1 heterocycles. The van der Waals surface area contributed by atoms with Gasteiger partial charge in [-0.25, -0.2) is 0 Å². The highest BCUT2D eigenvalue weighted by Crippen LogP contribution is 2.10. The number of ether oxygens (including phenoxy) is 1. The first-order chi connectivity index (χ1) is 6.45. The van der Waals surface area contributed by atoms with Gasteiger partial charge in [-0.3, -0.25) is 0 Å². The second-order valence-electron chi connectivity index (χ2n) is 2.51. The van der Waals surface area contributed by atoms with Gasteiger partial charge in [-0.15, -0.1) is 0 Å². The molecule has 2 aromatic rings. The molecule has 0 bridgehead atoms. The highest BCUT2D eigenvalue weighted by molar-refractivity contribution is 7.03. The van der Waals surface area contributed by atoms with Crippen LogP contribution in [0.15, 0.2) is 35.7 Å². The minimum absolute atomic E-state index is 0.518. The van der Waals surface area contributed by atoms with Crippen LogP contribution in [0.1, 0.15) is 5.69 Å². The molecule has 0 N–H and O–H groups in total. The van der Waals surface area contributed by atoms with Gasteiger partial charge in [-0.2, -0.15) is 4.37 Å². The molecule has 0 aliphatic heterocycles. The predicted molar refractivity (Wildman–Crippen MR) is 51.7 cm³/mol. The van der Waals surface area contributed by atoms with Crippen LogP contribution in [0, 0.1) is 6.07 Å². The standard InChI is InChI=1S/C10H8NOS/c1-2-4-10(5-3-1)12-8-9-6-7-13-11-9/h1-4,6-7H,8H2. The first kappa shape index (κ1) is 8.26. The fourth-order valence-corrected chi connectivity index (χ4v) is 1.46. The molecule has 0 fully saturated rings. The van der Waals surface area contributed by atoms with Gasteiger partial charge in [0.15, 0.2) is 0 Å². The van der Waals surface area contributed by atoms with E-state index in [1.807, 2.05) is 35.7 Å². The van der Waals surface area contributed by atoms with Gasteiger partial charge >= 0.3 is 0 Å². The van der Waals surface area contributed by atoms with Crippen LogP contribution in [0.2, 0.25) is 0 Å². The highest BCUT2D eigenvalue weighted by atomic mass is 32.1. The van der Waals surface area contributed by atoms with Crippen LogP contribution in [0.25, 0.3) is 0 Å². The molecular formula is C10H8NOS. The van der Waals surface area contributed by atoms with Gasteiger partial charge in [0.2, 0.25) is 0 Å². The lowest BCUT2D eigenvalue weighted by molar-refractivity contribution is 0.302. The van der Waals surface area contributed by atoms with Crippen LogP contribution >= 0.6 is 11.5 Å². The summed E-state index contributed by atoms with van der Waals surface area (Å²) in [5, 5.41) is 1.94. The summed E-state index contributed by atoms with van der Waals surface area (Å²) in [7, 11) is 0. The molecule has 0 saturated carbocycles. The number of nitrogens with zero attached hydrogens (tertiary/aromatic N) is 1. The van der Waals surface area contributed by atoms with Crippen LogP contribution in [-0.4, -0.2) is 4.37 Å². The number of para-hydroxylation sites is 1. The largest absolute Gasteiger partial charge is 0.487 e. The summed E-state index contributed by atoms with van der Waals surface area (Å²) in [6.45, 7) is 0.518. The average molecular weight is 190 g/mol.